The molecule has 8 heteroatoms. The predicted octanol–water partition coefficient (Wildman–Crippen LogP) is 2.10. The van der Waals surface area contributed by atoms with Crippen molar-refractivity contribution >= 4 is 43.0 Å². The standard InChI is InChI=1S/C12H13BrN2O3S2/c13-10-2-1-9(5-11(10)14)20(17,18)15-6-12(16)8-3-4-19-7-8/h1-5,7,12,15-16H,6,14H2. The molecule has 1 aromatic heterocycles. The van der Waals surface area contributed by atoms with Gasteiger partial charge >= 0.3 is 0 Å². The number of sulfonamides is 1. The maximum Gasteiger partial charge on any atom is 0.240 e. The van der Waals surface area contributed by atoms with E-state index in [0.717, 1.165) is 0 Å². The molecule has 0 bridgehead atoms. The lowest BCUT2D eigenvalue weighted by Gasteiger charge is -2.11. The summed E-state index contributed by atoms with van der Waals surface area (Å²) in [5, 5.41) is 13.5. The van der Waals surface area contributed by atoms with Crippen LogP contribution in [-0.2, 0) is 10.0 Å². The molecule has 0 saturated heterocycles. The third kappa shape index (κ3) is 3.58. The minimum Gasteiger partial charge on any atom is -0.398 e. The van der Waals surface area contributed by atoms with Gasteiger partial charge in [0.1, 0.15) is 0 Å². The number of hydrogen-bond donors (Lipinski definition) is 3. The zero-order valence-corrected chi connectivity index (χ0v) is 13.5. The van der Waals surface area contributed by atoms with Gasteiger partial charge < -0.3 is 10.8 Å². The van der Waals surface area contributed by atoms with Crippen molar-refractivity contribution in [1.82, 2.24) is 4.72 Å². The van der Waals surface area contributed by atoms with Crippen molar-refractivity contribution in [1.29, 1.82) is 0 Å². The van der Waals surface area contributed by atoms with Crippen molar-refractivity contribution in [3.63, 3.8) is 0 Å². The van der Waals surface area contributed by atoms with Crippen molar-refractivity contribution in [2.24, 2.45) is 0 Å². The first kappa shape index (κ1) is 15.5. The summed E-state index contributed by atoms with van der Waals surface area (Å²) in [6.45, 7) is -0.0883. The highest BCUT2D eigenvalue weighted by Crippen LogP contribution is 2.23. The molecule has 0 aliphatic carbocycles. The van der Waals surface area contributed by atoms with Gasteiger partial charge in [0, 0.05) is 16.7 Å². The number of aliphatic hydroxyl groups is 1. The van der Waals surface area contributed by atoms with E-state index < -0.39 is 16.1 Å². The fraction of sp³-hybridized carbons (Fsp3) is 0.167. The van der Waals surface area contributed by atoms with E-state index in [9.17, 15) is 13.5 Å². The van der Waals surface area contributed by atoms with Gasteiger partial charge in [0.25, 0.3) is 0 Å². The first-order valence-corrected chi connectivity index (χ1v) is 8.87. The molecule has 5 nitrogen and oxygen atoms in total. The summed E-state index contributed by atoms with van der Waals surface area (Å²) in [5.41, 5.74) is 6.69. The Morgan fingerprint density at radius 3 is 2.75 bits per heavy atom. The van der Waals surface area contributed by atoms with Crippen LogP contribution in [0.5, 0.6) is 0 Å². The number of halogens is 1. The molecule has 0 spiro atoms. The Bertz CT molecular complexity index is 687. The summed E-state index contributed by atoms with van der Waals surface area (Å²) in [7, 11) is -3.69. The van der Waals surface area contributed by atoms with E-state index in [1.54, 1.807) is 17.5 Å². The van der Waals surface area contributed by atoms with Crippen molar-refractivity contribution < 1.29 is 13.5 Å². The Labute approximate surface area is 129 Å². The SMILES string of the molecule is Nc1cc(S(=O)(=O)NCC(O)c2ccsc2)ccc1Br. The normalized spacial score (nSPS) is 13.3. The van der Waals surface area contributed by atoms with Gasteiger partial charge in [-0.05, 0) is 56.5 Å². The van der Waals surface area contributed by atoms with Crippen LogP contribution in [0.2, 0.25) is 0 Å². The molecule has 0 saturated carbocycles. The first-order valence-electron chi connectivity index (χ1n) is 5.65. The number of nitrogen functional groups attached to an aromatic ring is 1. The molecule has 4 N–H and O–H groups in total. The fourth-order valence-electron chi connectivity index (χ4n) is 1.54. The molecule has 0 amide bonds. The number of aliphatic hydroxyl groups excluding tert-OH is 1. The molecule has 20 heavy (non-hydrogen) atoms. The zero-order valence-electron chi connectivity index (χ0n) is 10.3. The van der Waals surface area contributed by atoms with E-state index in [-0.39, 0.29) is 11.4 Å². The molecule has 0 radical (unpaired) electrons. The number of nitrogens with two attached hydrogens (primary N) is 1. The maximum absolute atomic E-state index is 12.1. The molecule has 0 aliphatic heterocycles. The van der Waals surface area contributed by atoms with Crippen molar-refractivity contribution in [3.8, 4) is 0 Å². The Kier molecular flexibility index (Phi) is 4.82. The van der Waals surface area contributed by atoms with E-state index in [0.29, 0.717) is 15.7 Å². The monoisotopic (exact) mass is 376 g/mol. The van der Waals surface area contributed by atoms with Crippen molar-refractivity contribution in [3.05, 3.63) is 45.1 Å². The summed E-state index contributed by atoms with van der Waals surface area (Å²) in [4.78, 5) is 0.0655. The number of hydrogen-bond acceptors (Lipinski definition) is 5. The Morgan fingerprint density at radius 1 is 1.40 bits per heavy atom. The highest BCUT2D eigenvalue weighted by molar-refractivity contribution is 9.10. The summed E-state index contributed by atoms with van der Waals surface area (Å²) in [5.74, 6) is 0. The number of anilines is 1. The summed E-state index contributed by atoms with van der Waals surface area (Å²) in [6.07, 6.45) is -0.871. The van der Waals surface area contributed by atoms with Crippen molar-refractivity contribution in [2.45, 2.75) is 11.0 Å². The van der Waals surface area contributed by atoms with E-state index in [2.05, 4.69) is 20.7 Å². The third-order valence-electron chi connectivity index (χ3n) is 2.67. The number of rotatable bonds is 5. The quantitative estimate of drug-likeness (QED) is 0.696. The highest BCUT2D eigenvalue weighted by atomic mass is 79.9. The molecule has 1 atom stereocenters. The van der Waals surface area contributed by atoms with Gasteiger partial charge in [0.2, 0.25) is 10.0 Å². The van der Waals surface area contributed by atoms with Crippen LogP contribution >= 0.6 is 27.3 Å². The fourth-order valence-corrected chi connectivity index (χ4v) is 3.57. The molecular weight excluding hydrogens is 364 g/mol. The average molecular weight is 377 g/mol. The Morgan fingerprint density at radius 2 is 2.15 bits per heavy atom. The van der Waals surface area contributed by atoms with Crippen molar-refractivity contribution in [2.75, 3.05) is 12.3 Å². The van der Waals surface area contributed by atoms with Crippen LogP contribution in [0.25, 0.3) is 0 Å². The van der Waals surface area contributed by atoms with Gasteiger partial charge in [-0.1, -0.05) is 0 Å². The van der Waals surface area contributed by atoms with Gasteiger partial charge in [-0.3, -0.25) is 0 Å². The van der Waals surface area contributed by atoms with Crippen LogP contribution in [0.3, 0.4) is 0 Å². The number of thiophene rings is 1. The lowest BCUT2D eigenvalue weighted by molar-refractivity contribution is 0.182. The van der Waals surface area contributed by atoms with E-state index >= 15 is 0 Å². The molecule has 0 aliphatic rings. The molecule has 2 aromatic rings. The number of benzene rings is 1. The van der Waals surface area contributed by atoms with E-state index in [1.165, 1.54) is 23.5 Å². The Balaban J connectivity index is 2.09. The predicted molar refractivity (Wildman–Crippen MR) is 83.0 cm³/mol. The lowest BCUT2D eigenvalue weighted by Crippen LogP contribution is -2.28. The maximum atomic E-state index is 12.1. The molecule has 1 unspecified atom stereocenters. The minimum atomic E-state index is -3.69. The molecule has 1 aromatic carbocycles. The van der Waals surface area contributed by atoms with Gasteiger partial charge in [-0.25, -0.2) is 13.1 Å². The Hall–Kier alpha value is -0.930. The van der Waals surface area contributed by atoms with Gasteiger partial charge in [-0.15, -0.1) is 0 Å². The molecule has 1 heterocycles. The van der Waals surface area contributed by atoms with Crippen LogP contribution in [0.1, 0.15) is 11.7 Å². The van der Waals surface area contributed by atoms with E-state index in [4.69, 9.17) is 5.73 Å². The zero-order chi connectivity index (χ0) is 14.8. The smallest absolute Gasteiger partial charge is 0.240 e. The lowest BCUT2D eigenvalue weighted by atomic mass is 10.2. The van der Waals surface area contributed by atoms with E-state index in [1.807, 2.05) is 5.38 Å². The van der Waals surface area contributed by atoms with Crippen LogP contribution in [0, 0.1) is 0 Å². The molecule has 2 rings (SSSR count). The average Bonchev–Trinajstić information content (AvgIpc) is 2.93. The molecule has 0 fully saturated rings. The molecule has 108 valence electrons. The van der Waals surface area contributed by atoms with Crippen LogP contribution in [0.4, 0.5) is 5.69 Å². The third-order valence-corrected chi connectivity index (χ3v) is 5.52. The summed E-state index contributed by atoms with van der Waals surface area (Å²) < 4.78 is 27.2. The van der Waals surface area contributed by atoms with Crippen LogP contribution in [0.15, 0.2) is 44.4 Å². The second-order valence-electron chi connectivity index (χ2n) is 4.11. The molecular formula is C12H13BrN2O3S2. The second kappa shape index (κ2) is 6.23. The van der Waals surface area contributed by atoms with Crippen LogP contribution < -0.4 is 10.5 Å². The largest absolute Gasteiger partial charge is 0.398 e. The van der Waals surface area contributed by atoms with Gasteiger partial charge in [0.15, 0.2) is 0 Å². The minimum absolute atomic E-state index is 0.0655. The van der Waals surface area contributed by atoms with Gasteiger partial charge in [0.05, 0.1) is 11.0 Å². The topological polar surface area (TPSA) is 92.4 Å². The summed E-state index contributed by atoms with van der Waals surface area (Å²) >= 11 is 4.65. The first-order chi connectivity index (χ1) is 9.40. The van der Waals surface area contributed by atoms with Gasteiger partial charge in [-0.2, -0.15) is 11.3 Å². The number of nitrogens with one attached hydrogen (secondary N) is 1. The highest BCUT2D eigenvalue weighted by Gasteiger charge is 2.17. The second-order valence-corrected chi connectivity index (χ2v) is 7.51. The summed E-state index contributed by atoms with van der Waals surface area (Å²) in [6, 6.07) is 6.13. The van der Waals surface area contributed by atoms with Crippen LogP contribution in [-0.4, -0.2) is 20.1 Å².